The molecule has 1 fully saturated rings. The monoisotopic (exact) mass is 236 g/mol. The van der Waals surface area contributed by atoms with Crippen LogP contribution in [0.3, 0.4) is 0 Å². The number of aromatic nitrogens is 2. The Kier molecular flexibility index (Phi) is 3.78. The Balaban J connectivity index is 1.93. The van der Waals surface area contributed by atoms with Crippen LogP contribution in [0, 0.1) is 0 Å². The van der Waals surface area contributed by atoms with Crippen LogP contribution in [0.4, 0.5) is 0 Å². The summed E-state index contributed by atoms with van der Waals surface area (Å²) in [5, 5.41) is 3.28. The van der Waals surface area contributed by atoms with Gasteiger partial charge < -0.3 is 14.8 Å². The number of aryl methyl sites for hydroxylation is 1. The molecule has 2 rings (SSSR count). The highest BCUT2D eigenvalue weighted by Gasteiger charge is 2.24. The average molecular weight is 236 g/mol. The first kappa shape index (κ1) is 12.1. The molecule has 94 valence electrons. The quantitative estimate of drug-likeness (QED) is 0.832. The van der Waals surface area contributed by atoms with Crippen molar-refractivity contribution in [1.82, 2.24) is 19.8 Å². The van der Waals surface area contributed by atoms with Gasteiger partial charge in [-0.05, 0) is 19.4 Å². The van der Waals surface area contributed by atoms with E-state index < -0.39 is 0 Å². The SMILES string of the molecule is CN(Cc1nccn1C)C(=O)[C@H]1CCCCN1. The Morgan fingerprint density at radius 3 is 3.06 bits per heavy atom. The number of likely N-dealkylation sites (N-methyl/N-ethyl adjacent to an activating group) is 1. The van der Waals surface area contributed by atoms with Crippen LogP contribution in [-0.2, 0) is 18.4 Å². The fourth-order valence-electron chi connectivity index (χ4n) is 2.17. The van der Waals surface area contributed by atoms with Crippen molar-refractivity contribution in [3.8, 4) is 0 Å². The Morgan fingerprint density at radius 1 is 1.65 bits per heavy atom. The first-order valence-corrected chi connectivity index (χ1v) is 6.13. The smallest absolute Gasteiger partial charge is 0.239 e. The van der Waals surface area contributed by atoms with Gasteiger partial charge in [0.05, 0.1) is 12.6 Å². The molecule has 17 heavy (non-hydrogen) atoms. The van der Waals surface area contributed by atoms with Crippen LogP contribution >= 0.6 is 0 Å². The van der Waals surface area contributed by atoms with Crippen LogP contribution in [0.25, 0.3) is 0 Å². The molecular formula is C12H20N4O. The molecule has 0 bridgehead atoms. The van der Waals surface area contributed by atoms with E-state index in [4.69, 9.17) is 0 Å². The van der Waals surface area contributed by atoms with Gasteiger partial charge in [0.15, 0.2) is 0 Å². The number of piperidine rings is 1. The van der Waals surface area contributed by atoms with Crippen molar-refractivity contribution in [2.24, 2.45) is 7.05 Å². The van der Waals surface area contributed by atoms with Gasteiger partial charge in [0.25, 0.3) is 0 Å². The van der Waals surface area contributed by atoms with Crippen LogP contribution in [0.5, 0.6) is 0 Å². The molecule has 1 aliphatic rings. The minimum Gasteiger partial charge on any atom is -0.337 e. The summed E-state index contributed by atoms with van der Waals surface area (Å²) >= 11 is 0. The van der Waals surface area contributed by atoms with E-state index in [0.29, 0.717) is 6.54 Å². The van der Waals surface area contributed by atoms with E-state index in [1.54, 1.807) is 11.1 Å². The molecule has 1 aliphatic heterocycles. The molecule has 1 saturated heterocycles. The van der Waals surface area contributed by atoms with Gasteiger partial charge in [0, 0.05) is 26.5 Å². The molecule has 0 radical (unpaired) electrons. The maximum atomic E-state index is 12.2. The van der Waals surface area contributed by atoms with E-state index in [1.165, 1.54) is 6.42 Å². The summed E-state index contributed by atoms with van der Waals surface area (Å²) in [7, 11) is 3.78. The lowest BCUT2D eigenvalue weighted by molar-refractivity contribution is -0.133. The van der Waals surface area contributed by atoms with E-state index in [0.717, 1.165) is 25.2 Å². The lowest BCUT2D eigenvalue weighted by Crippen LogP contribution is -2.47. The Bertz CT molecular complexity index is 382. The fourth-order valence-corrected chi connectivity index (χ4v) is 2.17. The maximum Gasteiger partial charge on any atom is 0.239 e. The maximum absolute atomic E-state index is 12.2. The number of nitrogens with one attached hydrogen (secondary N) is 1. The number of carbonyl (C=O) groups is 1. The third-order valence-corrected chi connectivity index (χ3v) is 3.28. The zero-order valence-corrected chi connectivity index (χ0v) is 10.5. The van der Waals surface area contributed by atoms with Crippen LogP contribution < -0.4 is 5.32 Å². The molecule has 5 heteroatoms. The number of hydrogen-bond donors (Lipinski definition) is 1. The van der Waals surface area contributed by atoms with Crippen LogP contribution in [0.15, 0.2) is 12.4 Å². The second-order valence-electron chi connectivity index (χ2n) is 4.65. The normalized spacial score (nSPS) is 20.2. The van der Waals surface area contributed by atoms with Crippen molar-refractivity contribution in [2.45, 2.75) is 31.8 Å². The topological polar surface area (TPSA) is 50.2 Å². The summed E-state index contributed by atoms with van der Waals surface area (Å²) in [5.74, 6) is 1.09. The Hall–Kier alpha value is -1.36. The molecule has 0 aromatic carbocycles. The summed E-state index contributed by atoms with van der Waals surface area (Å²) in [5.41, 5.74) is 0. The summed E-state index contributed by atoms with van der Waals surface area (Å²) < 4.78 is 1.94. The number of hydrogen-bond acceptors (Lipinski definition) is 3. The summed E-state index contributed by atoms with van der Waals surface area (Å²) in [6.07, 6.45) is 6.91. The standard InChI is InChI=1S/C12H20N4O/c1-15-8-7-14-11(15)9-16(2)12(17)10-5-3-4-6-13-10/h7-8,10,13H,3-6,9H2,1-2H3/t10-/m1/s1. The van der Waals surface area contributed by atoms with Gasteiger partial charge in [-0.15, -0.1) is 0 Å². The molecule has 0 saturated carbocycles. The van der Waals surface area contributed by atoms with E-state index in [1.807, 2.05) is 24.9 Å². The van der Waals surface area contributed by atoms with Crippen molar-refractivity contribution in [3.05, 3.63) is 18.2 Å². The molecule has 1 atom stereocenters. The fraction of sp³-hybridized carbons (Fsp3) is 0.667. The number of rotatable bonds is 3. The van der Waals surface area contributed by atoms with Crippen molar-refractivity contribution in [1.29, 1.82) is 0 Å². The molecule has 0 spiro atoms. The number of carbonyl (C=O) groups excluding carboxylic acids is 1. The predicted octanol–water partition coefficient (Wildman–Crippen LogP) is 0.521. The first-order valence-electron chi connectivity index (χ1n) is 6.13. The highest BCUT2D eigenvalue weighted by atomic mass is 16.2. The van der Waals surface area contributed by atoms with Crippen LogP contribution in [-0.4, -0.2) is 40.0 Å². The second kappa shape index (κ2) is 5.31. The zero-order chi connectivity index (χ0) is 12.3. The second-order valence-corrected chi connectivity index (χ2v) is 4.65. The van der Waals surface area contributed by atoms with Crippen molar-refractivity contribution in [2.75, 3.05) is 13.6 Å². The highest BCUT2D eigenvalue weighted by Crippen LogP contribution is 2.10. The molecule has 1 amide bonds. The Morgan fingerprint density at radius 2 is 2.47 bits per heavy atom. The van der Waals surface area contributed by atoms with E-state index in [9.17, 15) is 4.79 Å². The van der Waals surface area contributed by atoms with Gasteiger partial charge >= 0.3 is 0 Å². The van der Waals surface area contributed by atoms with E-state index in [2.05, 4.69) is 10.3 Å². The van der Waals surface area contributed by atoms with E-state index >= 15 is 0 Å². The third-order valence-electron chi connectivity index (χ3n) is 3.28. The molecule has 5 nitrogen and oxygen atoms in total. The number of nitrogens with zero attached hydrogens (tertiary/aromatic N) is 3. The minimum absolute atomic E-state index is 0.00554. The Labute approximate surface area is 102 Å². The first-order chi connectivity index (χ1) is 8.18. The molecule has 1 aromatic rings. The van der Waals surface area contributed by atoms with Gasteiger partial charge in [-0.25, -0.2) is 4.98 Å². The van der Waals surface area contributed by atoms with Crippen molar-refractivity contribution >= 4 is 5.91 Å². The van der Waals surface area contributed by atoms with Crippen molar-refractivity contribution in [3.63, 3.8) is 0 Å². The molecule has 1 aromatic heterocycles. The highest BCUT2D eigenvalue weighted by molar-refractivity contribution is 5.81. The molecule has 1 N–H and O–H groups in total. The number of imidazole rings is 1. The van der Waals surface area contributed by atoms with Gasteiger partial charge in [-0.1, -0.05) is 6.42 Å². The lowest BCUT2D eigenvalue weighted by atomic mass is 10.0. The average Bonchev–Trinajstić information content (AvgIpc) is 2.75. The lowest BCUT2D eigenvalue weighted by Gasteiger charge is -2.27. The summed E-state index contributed by atoms with van der Waals surface area (Å²) in [4.78, 5) is 18.1. The summed E-state index contributed by atoms with van der Waals surface area (Å²) in [6, 6.07) is -0.00554. The van der Waals surface area contributed by atoms with Gasteiger partial charge in [-0.3, -0.25) is 4.79 Å². The van der Waals surface area contributed by atoms with Crippen molar-refractivity contribution < 1.29 is 4.79 Å². The van der Waals surface area contributed by atoms with E-state index in [-0.39, 0.29) is 11.9 Å². The molecular weight excluding hydrogens is 216 g/mol. The van der Waals surface area contributed by atoms with Gasteiger partial charge in [-0.2, -0.15) is 0 Å². The largest absolute Gasteiger partial charge is 0.337 e. The van der Waals surface area contributed by atoms with Crippen LogP contribution in [0.1, 0.15) is 25.1 Å². The zero-order valence-electron chi connectivity index (χ0n) is 10.5. The minimum atomic E-state index is -0.00554. The molecule has 0 aliphatic carbocycles. The van der Waals surface area contributed by atoms with Gasteiger partial charge in [0.1, 0.15) is 5.82 Å². The molecule has 0 unspecified atom stereocenters. The van der Waals surface area contributed by atoms with Crippen LogP contribution in [0.2, 0.25) is 0 Å². The third kappa shape index (κ3) is 2.85. The predicted molar refractivity (Wildman–Crippen MR) is 65.3 cm³/mol. The van der Waals surface area contributed by atoms with Gasteiger partial charge in [0.2, 0.25) is 5.91 Å². The summed E-state index contributed by atoms with van der Waals surface area (Å²) in [6.45, 7) is 1.52. The molecule has 2 heterocycles. The number of amides is 1.